The summed E-state index contributed by atoms with van der Waals surface area (Å²) in [5.41, 5.74) is 4.61. The van der Waals surface area contributed by atoms with Gasteiger partial charge >= 0.3 is 0 Å². The third-order valence-corrected chi connectivity index (χ3v) is 8.54. The number of hydrogen-bond acceptors (Lipinski definition) is 4. The number of carbonyl (C=O) groups is 1. The van der Waals surface area contributed by atoms with Gasteiger partial charge in [-0.05, 0) is 72.2 Å². The fraction of sp³-hybridized carbons (Fsp3) is 0.179. The number of anilines is 2. The summed E-state index contributed by atoms with van der Waals surface area (Å²) in [7, 11) is -3.89. The summed E-state index contributed by atoms with van der Waals surface area (Å²) < 4.78 is 34.5. The van der Waals surface area contributed by atoms with Crippen molar-refractivity contribution in [1.29, 1.82) is 0 Å². The van der Waals surface area contributed by atoms with Crippen molar-refractivity contribution in [2.75, 3.05) is 16.2 Å². The predicted molar refractivity (Wildman–Crippen MR) is 137 cm³/mol. The number of carbonyl (C=O) groups excluding carboxylic acids is 1. The van der Waals surface area contributed by atoms with Gasteiger partial charge in [-0.3, -0.25) is 9.10 Å². The van der Waals surface area contributed by atoms with Crippen LogP contribution in [0.3, 0.4) is 0 Å². The van der Waals surface area contributed by atoms with Gasteiger partial charge in [-0.25, -0.2) is 8.42 Å². The van der Waals surface area contributed by atoms with Gasteiger partial charge in [0, 0.05) is 11.1 Å². The van der Waals surface area contributed by atoms with Gasteiger partial charge in [-0.1, -0.05) is 48.5 Å². The number of amides is 1. The van der Waals surface area contributed by atoms with Crippen molar-refractivity contribution in [2.45, 2.75) is 30.8 Å². The average Bonchev–Trinajstić information content (AvgIpc) is 3.30. The molecular weight excluding hydrogens is 460 g/mol. The highest BCUT2D eigenvalue weighted by Crippen LogP contribution is 2.39. The van der Waals surface area contributed by atoms with Crippen LogP contribution in [-0.4, -0.2) is 27.0 Å². The first-order valence-electron chi connectivity index (χ1n) is 11.6. The molecule has 1 N–H and O–H groups in total. The van der Waals surface area contributed by atoms with Gasteiger partial charge in [-0.2, -0.15) is 0 Å². The molecule has 6 nitrogen and oxygen atoms in total. The molecule has 0 bridgehead atoms. The molecule has 0 radical (unpaired) electrons. The van der Waals surface area contributed by atoms with Crippen LogP contribution in [0.4, 0.5) is 11.4 Å². The van der Waals surface area contributed by atoms with Gasteiger partial charge in [0.05, 0.1) is 17.1 Å². The third-order valence-electron chi connectivity index (χ3n) is 6.74. The zero-order valence-corrected chi connectivity index (χ0v) is 20.0. The van der Waals surface area contributed by atoms with E-state index >= 15 is 0 Å². The fourth-order valence-corrected chi connectivity index (χ4v) is 6.51. The molecule has 1 atom stereocenters. The Morgan fingerprint density at radius 1 is 0.943 bits per heavy atom. The SMILES string of the molecule is Cc1ccc2c(c1)O[C@@H](C(=O)Nc1ccc3c4c(cccc14)CC3)CN2S(=O)(=O)c1ccccc1. The highest BCUT2D eigenvalue weighted by molar-refractivity contribution is 7.92. The summed E-state index contributed by atoms with van der Waals surface area (Å²) in [6, 6.07) is 23.7. The normalized spacial score (nSPS) is 16.6. The zero-order chi connectivity index (χ0) is 24.2. The maximum absolute atomic E-state index is 13.6. The summed E-state index contributed by atoms with van der Waals surface area (Å²) in [6.45, 7) is 1.77. The Labute approximate surface area is 204 Å². The molecule has 1 amide bonds. The average molecular weight is 485 g/mol. The number of aryl methyl sites for hydroxylation is 3. The summed E-state index contributed by atoms with van der Waals surface area (Å²) in [4.78, 5) is 13.6. The van der Waals surface area contributed by atoms with Crippen molar-refractivity contribution in [2.24, 2.45) is 0 Å². The molecule has 0 fully saturated rings. The van der Waals surface area contributed by atoms with Crippen LogP contribution in [0.5, 0.6) is 5.75 Å². The van der Waals surface area contributed by atoms with Crippen molar-refractivity contribution in [3.05, 3.63) is 95.6 Å². The van der Waals surface area contributed by atoms with Gasteiger partial charge in [-0.15, -0.1) is 0 Å². The van der Waals surface area contributed by atoms with Crippen LogP contribution in [0.15, 0.2) is 83.8 Å². The largest absolute Gasteiger partial charge is 0.476 e. The molecule has 1 heterocycles. The van der Waals surface area contributed by atoms with Crippen LogP contribution in [0.1, 0.15) is 16.7 Å². The molecule has 0 saturated heterocycles. The van der Waals surface area contributed by atoms with Gasteiger partial charge in [0.25, 0.3) is 15.9 Å². The van der Waals surface area contributed by atoms with Crippen molar-refractivity contribution >= 4 is 38.1 Å². The van der Waals surface area contributed by atoms with Crippen LogP contribution < -0.4 is 14.4 Å². The van der Waals surface area contributed by atoms with Crippen molar-refractivity contribution < 1.29 is 17.9 Å². The van der Waals surface area contributed by atoms with E-state index in [0.717, 1.165) is 23.8 Å². The Kier molecular flexibility index (Phi) is 5.04. The van der Waals surface area contributed by atoms with E-state index in [2.05, 4.69) is 17.4 Å². The minimum Gasteiger partial charge on any atom is -0.476 e. The summed E-state index contributed by atoms with van der Waals surface area (Å²) in [5.74, 6) is -0.0135. The quantitative estimate of drug-likeness (QED) is 0.450. The first kappa shape index (κ1) is 21.7. The Bertz CT molecular complexity index is 1570. The molecular formula is C28H24N2O4S. The van der Waals surface area contributed by atoms with Crippen molar-refractivity contribution in [1.82, 2.24) is 0 Å². The summed E-state index contributed by atoms with van der Waals surface area (Å²) in [5, 5.41) is 5.20. The predicted octanol–water partition coefficient (Wildman–Crippen LogP) is 4.84. The molecule has 4 aromatic carbocycles. The molecule has 176 valence electrons. The van der Waals surface area contributed by atoms with E-state index < -0.39 is 16.1 Å². The number of nitrogens with zero attached hydrogens (tertiary/aromatic N) is 1. The van der Waals surface area contributed by atoms with E-state index in [-0.39, 0.29) is 17.3 Å². The second-order valence-corrected chi connectivity index (χ2v) is 10.9. The number of ether oxygens (including phenoxy) is 1. The minimum absolute atomic E-state index is 0.125. The maximum atomic E-state index is 13.6. The van der Waals surface area contributed by atoms with E-state index in [9.17, 15) is 13.2 Å². The molecule has 6 rings (SSSR count). The topological polar surface area (TPSA) is 75.7 Å². The standard InChI is InChI=1S/C28H24N2O4S/c1-18-10-15-24-25(16-18)34-26(17-30(24)35(32,33)21-7-3-2-4-8-21)28(31)29-23-14-13-20-12-11-19-6-5-9-22(23)27(19)20/h2-10,13-16,26H,11-12,17H2,1H3,(H,29,31)/t26-/m1/s1. The number of nitrogens with one attached hydrogen (secondary N) is 1. The van der Waals surface area contributed by atoms with E-state index in [1.165, 1.54) is 20.8 Å². The first-order valence-corrected chi connectivity index (χ1v) is 13.1. The number of benzene rings is 4. The van der Waals surface area contributed by atoms with Gasteiger partial charge in [0.1, 0.15) is 5.75 Å². The Balaban J connectivity index is 1.36. The Hall–Kier alpha value is -3.84. The van der Waals surface area contributed by atoms with E-state index in [0.29, 0.717) is 17.1 Å². The minimum atomic E-state index is -3.89. The van der Waals surface area contributed by atoms with Crippen LogP contribution in [0, 0.1) is 6.92 Å². The lowest BCUT2D eigenvalue weighted by atomic mass is 10.0. The lowest BCUT2D eigenvalue weighted by Gasteiger charge is -2.35. The molecule has 2 aliphatic rings. The molecule has 0 aromatic heterocycles. The smallest absolute Gasteiger partial charge is 0.267 e. The molecule has 1 aliphatic carbocycles. The van der Waals surface area contributed by atoms with Crippen LogP contribution in [0.25, 0.3) is 10.8 Å². The zero-order valence-electron chi connectivity index (χ0n) is 19.2. The highest BCUT2D eigenvalue weighted by atomic mass is 32.2. The molecule has 1 aliphatic heterocycles. The maximum Gasteiger partial charge on any atom is 0.267 e. The van der Waals surface area contributed by atoms with E-state index in [1.807, 2.05) is 31.2 Å². The Morgan fingerprint density at radius 2 is 1.71 bits per heavy atom. The fourth-order valence-electron chi connectivity index (χ4n) is 5.01. The van der Waals surface area contributed by atoms with Crippen molar-refractivity contribution in [3.63, 3.8) is 0 Å². The lowest BCUT2D eigenvalue weighted by Crippen LogP contribution is -2.48. The highest BCUT2D eigenvalue weighted by Gasteiger charge is 2.37. The van der Waals surface area contributed by atoms with Gasteiger partial charge in [0.15, 0.2) is 6.10 Å². The number of fused-ring (bicyclic) bond motifs is 1. The van der Waals surface area contributed by atoms with Crippen LogP contribution in [0.2, 0.25) is 0 Å². The molecule has 35 heavy (non-hydrogen) atoms. The lowest BCUT2D eigenvalue weighted by molar-refractivity contribution is -0.122. The molecule has 0 unspecified atom stereocenters. The van der Waals surface area contributed by atoms with Crippen LogP contribution in [-0.2, 0) is 27.7 Å². The number of sulfonamides is 1. The number of rotatable bonds is 4. The molecule has 4 aromatic rings. The second kappa shape index (κ2) is 8.13. The molecule has 0 saturated carbocycles. The van der Waals surface area contributed by atoms with E-state index in [4.69, 9.17) is 4.74 Å². The third kappa shape index (κ3) is 3.63. The summed E-state index contributed by atoms with van der Waals surface area (Å²) >= 11 is 0. The van der Waals surface area contributed by atoms with Crippen molar-refractivity contribution in [3.8, 4) is 5.75 Å². The second-order valence-electron chi connectivity index (χ2n) is 9.03. The first-order chi connectivity index (χ1) is 16.9. The number of hydrogen-bond donors (Lipinski definition) is 1. The van der Waals surface area contributed by atoms with Gasteiger partial charge < -0.3 is 10.1 Å². The Morgan fingerprint density at radius 3 is 2.51 bits per heavy atom. The van der Waals surface area contributed by atoms with E-state index in [1.54, 1.807) is 42.5 Å². The molecule has 7 heteroatoms. The molecule has 0 spiro atoms. The van der Waals surface area contributed by atoms with Gasteiger partial charge in [0.2, 0.25) is 0 Å². The monoisotopic (exact) mass is 484 g/mol. The van der Waals surface area contributed by atoms with Crippen LogP contribution >= 0.6 is 0 Å². The summed E-state index contributed by atoms with van der Waals surface area (Å²) in [6.07, 6.45) is 0.988.